The molecule has 0 atom stereocenters. The van der Waals surface area contributed by atoms with Crippen LogP contribution in [0.15, 0.2) is 18.3 Å². The van der Waals surface area contributed by atoms with Crippen LogP contribution in [0.25, 0.3) is 0 Å². The number of carbonyl (C=O) groups is 3. The van der Waals surface area contributed by atoms with Gasteiger partial charge in [-0.3, -0.25) is 14.6 Å². The molecule has 1 aromatic rings. The van der Waals surface area contributed by atoms with Crippen molar-refractivity contribution in [3.8, 4) is 0 Å². The monoisotopic (exact) mass is 294 g/mol. The normalized spacial score (nSPS) is 9.81. The second-order valence-corrected chi connectivity index (χ2v) is 4.11. The number of methoxy groups -OCH3 is 1. The van der Waals surface area contributed by atoms with Gasteiger partial charge in [-0.15, -0.1) is 0 Å². The number of aromatic nitrogens is 1. The van der Waals surface area contributed by atoms with Gasteiger partial charge in [0.05, 0.1) is 37.9 Å². The molecule has 0 fully saturated rings. The van der Waals surface area contributed by atoms with Crippen molar-refractivity contribution in [1.82, 2.24) is 10.3 Å². The summed E-state index contributed by atoms with van der Waals surface area (Å²) >= 11 is 0. The minimum absolute atomic E-state index is 0.0370. The smallest absolute Gasteiger partial charge is 0.337 e. The predicted octanol–water partition coefficient (Wildman–Crippen LogP) is 0.828. The molecule has 7 nitrogen and oxygen atoms in total. The molecular weight excluding hydrogens is 276 g/mol. The zero-order valence-electron chi connectivity index (χ0n) is 12.0. The second kappa shape index (κ2) is 8.68. The summed E-state index contributed by atoms with van der Waals surface area (Å²) in [6.07, 6.45) is 1.55. The molecule has 0 unspecified atom stereocenters. The van der Waals surface area contributed by atoms with Crippen LogP contribution < -0.4 is 5.32 Å². The molecule has 0 saturated heterocycles. The zero-order valence-corrected chi connectivity index (χ0v) is 12.0. The highest BCUT2D eigenvalue weighted by atomic mass is 16.5. The van der Waals surface area contributed by atoms with Gasteiger partial charge in [-0.05, 0) is 19.1 Å². The molecule has 0 radical (unpaired) electrons. The van der Waals surface area contributed by atoms with Crippen LogP contribution in [0.4, 0.5) is 0 Å². The molecule has 1 N–H and O–H groups in total. The summed E-state index contributed by atoms with van der Waals surface area (Å²) in [7, 11) is 1.29. The van der Waals surface area contributed by atoms with Crippen LogP contribution >= 0.6 is 0 Å². The Hall–Kier alpha value is -2.44. The molecule has 1 rings (SSSR count). The largest absolute Gasteiger partial charge is 0.466 e. The van der Waals surface area contributed by atoms with Crippen molar-refractivity contribution < 1.29 is 23.9 Å². The van der Waals surface area contributed by atoms with E-state index in [-0.39, 0.29) is 25.3 Å². The number of esters is 2. The van der Waals surface area contributed by atoms with E-state index in [1.807, 2.05) is 0 Å². The van der Waals surface area contributed by atoms with E-state index in [0.717, 1.165) is 0 Å². The summed E-state index contributed by atoms with van der Waals surface area (Å²) in [5.74, 6) is -1.15. The van der Waals surface area contributed by atoms with Crippen molar-refractivity contribution in [2.45, 2.75) is 26.3 Å². The maximum Gasteiger partial charge on any atom is 0.337 e. The van der Waals surface area contributed by atoms with Gasteiger partial charge in [0.15, 0.2) is 0 Å². The number of nitrogens with one attached hydrogen (secondary N) is 1. The van der Waals surface area contributed by atoms with E-state index in [0.29, 0.717) is 17.9 Å². The summed E-state index contributed by atoms with van der Waals surface area (Å²) in [6.45, 7) is 2.18. The second-order valence-electron chi connectivity index (χ2n) is 4.11. The van der Waals surface area contributed by atoms with Gasteiger partial charge in [-0.1, -0.05) is 0 Å². The zero-order chi connectivity index (χ0) is 15.7. The molecule has 0 spiro atoms. The van der Waals surface area contributed by atoms with E-state index < -0.39 is 11.9 Å². The van der Waals surface area contributed by atoms with E-state index >= 15 is 0 Å². The Balaban J connectivity index is 2.42. The number of hydrogen-bond donors (Lipinski definition) is 1. The van der Waals surface area contributed by atoms with Gasteiger partial charge in [0.2, 0.25) is 5.91 Å². The fourth-order valence-electron chi connectivity index (χ4n) is 1.55. The molecule has 0 saturated carbocycles. The molecule has 1 heterocycles. The van der Waals surface area contributed by atoms with Crippen LogP contribution in [0.2, 0.25) is 0 Å². The fraction of sp³-hybridized carbons (Fsp3) is 0.429. The molecule has 0 bridgehead atoms. The van der Waals surface area contributed by atoms with Gasteiger partial charge in [-0.2, -0.15) is 0 Å². The Labute approximate surface area is 122 Å². The van der Waals surface area contributed by atoms with E-state index in [9.17, 15) is 14.4 Å². The number of ether oxygens (including phenoxy) is 2. The summed E-state index contributed by atoms with van der Waals surface area (Å²) in [5.41, 5.74) is 0.894. The molecule has 0 aliphatic heterocycles. The van der Waals surface area contributed by atoms with Crippen molar-refractivity contribution in [3.05, 3.63) is 29.6 Å². The minimum atomic E-state index is -0.465. The predicted molar refractivity (Wildman–Crippen MR) is 73.3 cm³/mol. The standard InChI is InChI=1S/C14H18N2O5/c1-3-21-13(18)5-4-12(17)16-9-11-8-10(6-7-15-11)14(19)20-2/h6-8H,3-5,9H2,1-2H3,(H,16,17). The van der Waals surface area contributed by atoms with Gasteiger partial charge in [0, 0.05) is 12.6 Å². The lowest BCUT2D eigenvalue weighted by Gasteiger charge is -2.06. The first-order valence-corrected chi connectivity index (χ1v) is 6.52. The fourth-order valence-corrected chi connectivity index (χ4v) is 1.55. The van der Waals surface area contributed by atoms with Crippen LogP contribution in [-0.4, -0.2) is 36.5 Å². The lowest BCUT2D eigenvalue weighted by Crippen LogP contribution is -2.24. The van der Waals surface area contributed by atoms with Gasteiger partial charge >= 0.3 is 11.9 Å². The average Bonchev–Trinajstić information content (AvgIpc) is 2.50. The molecule has 0 aliphatic carbocycles. The Morgan fingerprint density at radius 2 is 2.05 bits per heavy atom. The number of nitrogens with zero attached hydrogens (tertiary/aromatic N) is 1. The van der Waals surface area contributed by atoms with Gasteiger partial charge in [-0.25, -0.2) is 4.79 Å². The lowest BCUT2D eigenvalue weighted by atomic mass is 10.2. The Bertz CT molecular complexity index is 516. The Kier molecular flexibility index (Phi) is 6.86. The first kappa shape index (κ1) is 16.6. The first-order chi connectivity index (χ1) is 10.1. The third-order valence-corrected chi connectivity index (χ3v) is 2.57. The molecule has 0 aromatic carbocycles. The van der Waals surface area contributed by atoms with E-state index in [2.05, 4.69) is 15.0 Å². The van der Waals surface area contributed by atoms with Crippen LogP contribution in [0.3, 0.4) is 0 Å². The highest BCUT2D eigenvalue weighted by Crippen LogP contribution is 2.03. The van der Waals surface area contributed by atoms with E-state index in [1.54, 1.807) is 6.92 Å². The molecule has 1 amide bonds. The van der Waals surface area contributed by atoms with Gasteiger partial charge < -0.3 is 14.8 Å². The third-order valence-electron chi connectivity index (χ3n) is 2.57. The lowest BCUT2D eigenvalue weighted by molar-refractivity contribution is -0.144. The summed E-state index contributed by atoms with van der Waals surface area (Å²) < 4.78 is 9.33. The SMILES string of the molecule is CCOC(=O)CCC(=O)NCc1cc(C(=O)OC)ccn1. The van der Waals surface area contributed by atoms with Crippen molar-refractivity contribution in [2.75, 3.05) is 13.7 Å². The molecule has 21 heavy (non-hydrogen) atoms. The number of carbonyl (C=O) groups excluding carboxylic acids is 3. The van der Waals surface area contributed by atoms with E-state index in [4.69, 9.17) is 4.74 Å². The summed E-state index contributed by atoms with van der Waals surface area (Å²) in [6, 6.07) is 3.06. The van der Waals surface area contributed by atoms with Crippen molar-refractivity contribution >= 4 is 17.8 Å². The summed E-state index contributed by atoms with van der Waals surface area (Å²) in [4.78, 5) is 38.1. The first-order valence-electron chi connectivity index (χ1n) is 6.52. The molecule has 114 valence electrons. The number of rotatable bonds is 7. The maximum absolute atomic E-state index is 11.6. The van der Waals surface area contributed by atoms with Crippen LogP contribution in [0.1, 0.15) is 35.8 Å². The molecule has 0 aliphatic rings. The number of pyridine rings is 1. The molecule has 1 aromatic heterocycles. The van der Waals surface area contributed by atoms with Crippen LogP contribution in [0.5, 0.6) is 0 Å². The van der Waals surface area contributed by atoms with Crippen molar-refractivity contribution in [3.63, 3.8) is 0 Å². The Morgan fingerprint density at radius 3 is 2.71 bits per heavy atom. The van der Waals surface area contributed by atoms with E-state index in [1.165, 1.54) is 25.4 Å². The average molecular weight is 294 g/mol. The quantitative estimate of drug-likeness (QED) is 0.748. The number of hydrogen-bond acceptors (Lipinski definition) is 6. The van der Waals surface area contributed by atoms with Crippen LogP contribution in [0, 0.1) is 0 Å². The van der Waals surface area contributed by atoms with Gasteiger partial charge in [0.25, 0.3) is 0 Å². The topological polar surface area (TPSA) is 94.6 Å². The maximum atomic E-state index is 11.6. The van der Waals surface area contributed by atoms with Crippen LogP contribution in [-0.2, 0) is 25.6 Å². The van der Waals surface area contributed by atoms with Crippen molar-refractivity contribution in [1.29, 1.82) is 0 Å². The summed E-state index contributed by atoms with van der Waals surface area (Å²) in [5, 5.41) is 2.62. The van der Waals surface area contributed by atoms with Gasteiger partial charge in [0.1, 0.15) is 0 Å². The minimum Gasteiger partial charge on any atom is -0.466 e. The number of amides is 1. The highest BCUT2D eigenvalue weighted by molar-refractivity contribution is 5.89. The molecule has 7 heteroatoms. The molecular formula is C14H18N2O5. The Morgan fingerprint density at radius 1 is 1.29 bits per heavy atom. The highest BCUT2D eigenvalue weighted by Gasteiger charge is 2.09. The third kappa shape index (κ3) is 6.03. The van der Waals surface area contributed by atoms with Crippen molar-refractivity contribution in [2.24, 2.45) is 0 Å².